The average Bonchev–Trinajstić information content (AvgIpc) is 3.11. The van der Waals surface area contributed by atoms with Gasteiger partial charge in [-0.15, -0.1) is 10.2 Å². The highest BCUT2D eigenvalue weighted by Crippen LogP contribution is 2.35. The number of nitrogens with zero attached hydrogens (tertiary/aromatic N) is 3. The van der Waals surface area contributed by atoms with Gasteiger partial charge in [0.1, 0.15) is 5.82 Å². The zero-order valence-corrected chi connectivity index (χ0v) is 13.4. The number of benzene rings is 1. The third-order valence-electron chi connectivity index (χ3n) is 4.51. The van der Waals surface area contributed by atoms with Crippen molar-refractivity contribution in [1.82, 2.24) is 20.1 Å². The first-order chi connectivity index (χ1) is 11.7. The van der Waals surface area contributed by atoms with Crippen LogP contribution in [0, 0.1) is 0 Å². The first-order valence-corrected chi connectivity index (χ1v) is 8.03. The van der Waals surface area contributed by atoms with Gasteiger partial charge in [0, 0.05) is 24.7 Å². The number of hydrogen-bond donors (Lipinski definition) is 2. The Hall–Kier alpha value is -2.77. The summed E-state index contributed by atoms with van der Waals surface area (Å²) in [7, 11) is 1.94. The number of ether oxygens (including phenoxy) is 2. The van der Waals surface area contributed by atoms with Crippen LogP contribution in [-0.4, -0.2) is 27.6 Å². The smallest absolute Gasteiger partial charge is 0.319 e. The molecule has 0 spiro atoms. The molecule has 2 N–H and O–H groups in total. The Labute approximate surface area is 139 Å². The van der Waals surface area contributed by atoms with E-state index in [4.69, 9.17) is 9.47 Å². The molecule has 2 aliphatic rings. The van der Waals surface area contributed by atoms with Crippen molar-refractivity contribution in [2.75, 3.05) is 12.1 Å². The predicted molar refractivity (Wildman–Crippen MR) is 86.0 cm³/mol. The second kappa shape index (κ2) is 6.03. The first kappa shape index (κ1) is 14.8. The monoisotopic (exact) mass is 329 g/mol. The number of amides is 2. The van der Waals surface area contributed by atoms with Crippen LogP contribution in [0.3, 0.4) is 0 Å². The lowest BCUT2D eigenvalue weighted by atomic mass is 9.85. The largest absolute Gasteiger partial charge is 0.454 e. The predicted octanol–water partition coefficient (Wildman–Crippen LogP) is 2.13. The first-order valence-electron chi connectivity index (χ1n) is 8.03. The van der Waals surface area contributed by atoms with Gasteiger partial charge < -0.3 is 24.7 Å². The minimum Gasteiger partial charge on any atom is -0.454 e. The molecule has 0 radical (unpaired) electrons. The summed E-state index contributed by atoms with van der Waals surface area (Å²) in [4.78, 5) is 12.1. The van der Waals surface area contributed by atoms with E-state index in [1.54, 1.807) is 18.2 Å². The lowest BCUT2D eigenvalue weighted by Crippen LogP contribution is -2.29. The number of fused-ring (bicyclic) bond motifs is 1. The van der Waals surface area contributed by atoms with Gasteiger partial charge in [0.05, 0.1) is 6.54 Å². The molecule has 2 heterocycles. The standard InChI is InChI=1S/C16H19N5O3/c1-21-14(19-20-15(21)10-3-2-4-10)8-17-16(22)18-11-5-6-12-13(7-11)24-9-23-12/h5-7,10H,2-4,8-9H2,1H3,(H2,17,18,22). The molecule has 0 saturated heterocycles. The Kier molecular flexibility index (Phi) is 3.72. The van der Waals surface area contributed by atoms with Crippen molar-refractivity contribution < 1.29 is 14.3 Å². The van der Waals surface area contributed by atoms with Crippen LogP contribution >= 0.6 is 0 Å². The van der Waals surface area contributed by atoms with E-state index >= 15 is 0 Å². The second-order valence-corrected chi connectivity index (χ2v) is 6.04. The fourth-order valence-electron chi connectivity index (χ4n) is 2.86. The van der Waals surface area contributed by atoms with Crippen molar-refractivity contribution in [2.24, 2.45) is 7.05 Å². The molecule has 0 atom stereocenters. The lowest BCUT2D eigenvalue weighted by Gasteiger charge is -2.24. The van der Waals surface area contributed by atoms with Crippen LogP contribution in [0.2, 0.25) is 0 Å². The quantitative estimate of drug-likeness (QED) is 0.897. The molecule has 0 unspecified atom stereocenters. The SMILES string of the molecule is Cn1c(CNC(=O)Nc2ccc3c(c2)OCO3)nnc1C1CCC1. The van der Waals surface area contributed by atoms with Crippen molar-refractivity contribution >= 4 is 11.7 Å². The highest BCUT2D eigenvalue weighted by molar-refractivity contribution is 5.89. The van der Waals surface area contributed by atoms with Gasteiger partial charge in [-0.3, -0.25) is 0 Å². The van der Waals surface area contributed by atoms with E-state index in [9.17, 15) is 4.79 Å². The molecule has 1 aromatic carbocycles. The molecule has 1 aliphatic carbocycles. The number of hydrogen-bond acceptors (Lipinski definition) is 5. The van der Waals surface area contributed by atoms with Crippen LogP contribution in [0.15, 0.2) is 18.2 Å². The van der Waals surface area contributed by atoms with E-state index in [0.717, 1.165) is 11.6 Å². The van der Waals surface area contributed by atoms with Crippen molar-refractivity contribution in [2.45, 2.75) is 31.7 Å². The minimum absolute atomic E-state index is 0.209. The second-order valence-electron chi connectivity index (χ2n) is 6.04. The zero-order valence-electron chi connectivity index (χ0n) is 13.4. The molecule has 1 aliphatic heterocycles. The zero-order chi connectivity index (χ0) is 16.5. The third kappa shape index (κ3) is 2.75. The molecule has 1 saturated carbocycles. The number of rotatable bonds is 4. The summed E-state index contributed by atoms with van der Waals surface area (Å²) in [6.07, 6.45) is 3.59. The fourth-order valence-corrected chi connectivity index (χ4v) is 2.86. The Morgan fingerprint density at radius 1 is 1.29 bits per heavy atom. The maximum absolute atomic E-state index is 12.1. The molecule has 126 valence electrons. The third-order valence-corrected chi connectivity index (χ3v) is 4.51. The molecular formula is C16H19N5O3. The molecular weight excluding hydrogens is 310 g/mol. The van der Waals surface area contributed by atoms with Crippen LogP contribution in [0.4, 0.5) is 10.5 Å². The summed E-state index contributed by atoms with van der Waals surface area (Å²) in [6.45, 7) is 0.535. The molecule has 2 amide bonds. The van der Waals surface area contributed by atoms with E-state index in [-0.39, 0.29) is 12.8 Å². The van der Waals surface area contributed by atoms with Gasteiger partial charge in [-0.2, -0.15) is 0 Å². The van der Waals surface area contributed by atoms with Crippen molar-refractivity contribution in [3.63, 3.8) is 0 Å². The van der Waals surface area contributed by atoms with Crippen molar-refractivity contribution in [1.29, 1.82) is 0 Å². The maximum Gasteiger partial charge on any atom is 0.319 e. The molecule has 4 rings (SSSR count). The summed E-state index contributed by atoms with van der Waals surface area (Å²) < 4.78 is 12.5. The molecule has 1 fully saturated rings. The number of carbonyl (C=O) groups excluding carboxylic acids is 1. The lowest BCUT2D eigenvalue weighted by molar-refractivity contribution is 0.174. The molecule has 24 heavy (non-hydrogen) atoms. The van der Waals surface area contributed by atoms with Gasteiger partial charge in [0.25, 0.3) is 0 Å². The molecule has 8 heteroatoms. The number of carbonyl (C=O) groups is 1. The van der Waals surface area contributed by atoms with Gasteiger partial charge in [-0.25, -0.2) is 4.79 Å². The van der Waals surface area contributed by atoms with Gasteiger partial charge in [0.2, 0.25) is 6.79 Å². The highest BCUT2D eigenvalue weighted by atomic mass is 16.7. The van der Waals surface area contributed by atoms with Gasteiger partial charge in [-0.1, -0.05) is 6.42 Å². The topological polar surface area (TPSA) is 90.3 Å². The number of anilines is 1. The van der Waals surface area contributed by atoms with Crippen molar-refractivity contribution in [3.8, 4) is 11.5 Å². The number of urea groups is 1. The van der Waals surface area contributed by atoms with Crippen LogP contribution < -0.4 is 20.1 Å². The molecule has 2 aromatic rings. The maximum atomic E-state index is 12.1. The van der Waals surface area contributed by atoms with Crippen LogP contribution in [-0.2, 0) is 13.6 Å². The Balaban J connectivity index is 1.34. The van der Waals surface area contributed by atoms with E-state index in [0.29, 0.717) is 29.6 Å². The van der Waals surface area contributed by atoms with Crippen LogP contribution in [0.1, 0.15) is 36.8 Å². The van der Waals surface area contributed by atoms with E-state index in [1.807, 2.05) is 11.6 Å². The van der Waals surface area contributed by atoms with Gasteiger partial charge in [0.15, 0.2) is 17.3 Å². The summed E-state index contributed by atoms with van der Waals surface area (Å²) in [6, 6.07) is 4.97. The van der Waals surface area contributed by atoms with E-state index in [2.05, 4.69) is 20.8 Å². The van der Waals surface area contributed by atoms with E-state index in [1.165, 1.54) is 19.3 Å². The average molecular weight is 329 g/mol. The van der Waals surface area contributed by atoms with Crippen molar-refractivity contribution in [3.05, 3.63) is 29.8 Å². The highest BCUT2D eigenvalue weighted by Gasteiger charge is 2.25. The summed E-state index contributed by atoms with van der Waals surface area (Å²) in [5.74, 6) is 3.58. The van der Waals surface area contributed by atoms with Crippen LogP contribution in [0.5, 0.6) is 11.5 Å². The fraction of sp³-hybridized carbons (Fsp3) is 0.438. The number of aromatic nitrogens is 3. The minimum atomic E-state index is -0.304. The molecule has 8 nitrogen and oxygen atoms in total. The van der Waals surface area contributed by atoms with Gasteiger partial charge >= 0.3 is 6.03 Å². The number of nitrogens with one attached hydrogen (secondary N) is 2. The molecule has 0 bridgehead atoms. The summed E-state index contributed by atoms with van der Waals surface area (Å²) in [5, 5.41) is 14.0. The summed E-state index contributed by atoms with van der Waals surface area (Å²) >= 11 is 0. The normalized spacial score (nSPS) is 15.9. The van der Waals surface area contributed by atoms with E-state index < -0.39 is 0 Å². The Morgan fingerprint density at radius 3 is 2.92 bits per heavy atom. The molecule has 1 aromatic heterocycles. The Morgan fingerprint density at radius 2 is 2.12 bits per heavy atom. The van der Waals surface area contributed by atoms with Gasteiger partial charge in [-0.05, 0) is 25.0 Å². The van der Waals surface area contributed by atoms with Crippen LogP contribution in [0.25, 0.3) is 0 Å². The summed E-state index contributed by atoms with van der Waals surface area (Å²) in [5.41, 5.74) is 0.643. The Bertz CT molecular complexity index is 769.